The Morgan fingerprint density at radius 1 is 1.05 bits per heavy atom. The summed E-state index contributed by atoms with van der Waals surface area (Å²) in [6, 6.07) is 9.13. The highest BCUT2D eigenvalue weighted by molar-refractivity contribution is 5.32. The standard InChI is InChI=1S/C18H29NO/c1-17(2,3)13-8-7-9-15(10-13)20-16-11-14(12-16)19-18(4,5)6/h7-10,14,16,19H,11-12H2,1-6H3. The molecule has 0 amide bonds. The third-order valence-corrected chi connectivity index (χ3v) is 3.73. The maximum absolute atomic E-state index is 6.09. The zero-order chi connectivity index (χ0) is 15.0. The molecule has 0 bridgehead atoms. The molecule has 2 nitrogen and oxygen atoms in total. The molecule has 2 rings (SSSR count). The Bertz CT molecular complexity index is 447. The van der Waals surface area contributed by atoms with Gasteiger partial charge in [0.05, 0.1) is 0 Å². The first-order valence-electron chi connectivity index (χ1n) is 7.68. The maximum Gasteiger partial charge on any atom is 0.120 e. The van der Waals surface area contributed by atoms with Crippen molar-refractivity contribution < 1.29 is 4.74 Å². The van der Waals surface area contributed by atoms with Crippen LogP contribution in [-0.2, 0) is 5.41 Å². The maximum atomic E-state index is 6.09. The van der Waals surface area contributed by atoms with Gasteiger partial charge in [-0.05, 0) is 56.7 Å². The summed E-state index contributed by atoms with van der Waals surface area (Å²) in [7, 11) is 0. The third-order valence-electron chi connectivity index (χ3n) is 3.73. The van der Waals surface area contributed by atoms with Gasteiger partial charge in [-0.3, -0.25) is 0 Å². The van der Waals surface area contributed by atoms with Crippen LogP contribution in [0.5, 0.6) is 5.75 Å². The van der Waals surface area contributed by atoms with E-state index in [1.807, 2.05) is 0 Å². The summed E-state index contributed by atoms with van der Waals surface area (Å²) in [5, 5.41) is 3.63. The van der Waals surface area contributed by atoms with Gasteiger partial charge in [-0.2, -0.15) is 0 Å². The molecule has 0 aromatic heterocycles. The summed E-state index contributed by atoms with van der Waals surface area (Å²) in [6.45, 7) is 13.4. The Labute approximate surface area is 123 Å². The lowest BCUT2D eigenvalue weighted by atomic mass is 9.86. The van der Waals surface area contributed by atoms with Gasteiger partial charge < -0.3 is 10.1 Å². The van der Waals surface area contributed by atoms with Gasteiger partial charge in [0, 0.05) is 11.6 Å². The van der Waals surface area contributed by atoms with Crippen LogP contribution in [0.15, 0.2) is 24.3 Å². The largest absolute Gasteiger partial charge is 0.490 e. The molecule has 112 valence electrons. The van der Waals surface area contributed by atoms with E-state index < -0.39 is 0 Å². The Kier molecular flexibility index (Phi) is 4.15. The van der Waals surface area contributed by atoms with Crippen LogP contribution in [-0.4, -0.2) is 17.7 Å². The first-order valence-corrected chi connectivity index (χ1v) is 7.68. The van der Waals surface area contributed by atoms with E-state index in [4.69, 9.17) is 4.74 Å². The van der Waals surface area contributed by atoms with Crippen molar-refractivity contribution in [2.24, 2.45) is 0 Å². The van der Waals surface area contributed by atoms with E-state index in [-0.39, 0.29) is 11.0 Å². The normalized spacial score (nSPS) is 23.3. The van der Waals surface area contributed by atoms with Crippen molar-refractivity contribution in [3.63, 3.8) is 0 Å². The molecule has 1 aliphatic rings. The van der Waals surface area contributed by atoms with Crippen molar-refractivity contribution in [1.82, 2.24) is 5.32 Å². The summed E-state index contributed by atoms with van der Waals surface area (Å²) in [6.07, 6.45) is 2.58. The molecule has 1 aromatic rings. The minimum atomic E-state index is 0.176. The predicted molar refractivity (Wildman–Crippen MR) is 85.5 cm³/mol. The van der Waals surface area contributed by atoms with E-state index >= 15 is 0 Å². The molecule has 0 heterocycles. The minimum Gasteiger partial charge on any atom is -0.490 e. The molecule has 0 radical (unpaired) electrons. The van der Waals surface area contributed by atoms with E-state index in [0.717, 1.165) is 18.6 Å². The van der Waals surface area contributed by atoms with E-state index in [0.29, 0.717) is 12.1 Å². The summed E-state index contributed by atoms with van der Waals surface area (Å²) in [5.41, 5.74) is 1.70. The van der Waals surface area contributed by atoms with Gasteiger partial charge in [0.25, 0.3) is 0 Å². The zero-order valence-corrected chi connectivity index (χ0v) is 13.8. The highest BCUT2D eigenvalue weighted by Gasteiger charge is 2.33. The molecule has 1 saturated carbocycles. The van der Waals surface area contributed by atoms with Crippen molar-refractivity contribution in [3.8, 4) is 5.75 Å². The molecule has 1 aliphatic carbocycles. The van der Waals surface area contributed by atoms with Gasteiger partial charge in [-0.1, -0.05) is 32.9 Å². The Balaban J connectivity index is 1.87. The lowest BCUT2D eigenvalue weighted by Gasteiger charge is -2.40. The first kappa shape index (κ1) is 15.4. The Morgan fingerprint density at radius 2 is 1.70 bits per heavy atom. The second kappa shape index (κ2) is 5.40. The predicted octanol–water partition coefficient (Wildman–Crippen LogP) is 4.28. The summed E-state index contributed by atoms with van der Waals surface area (Å²) in [5.74, 6) is 1.01. The average molecular weight is 275 g/mol. The van der Waals surface area contributed by atoms with Crippen LogP contribution in [0.1, 0.15) is 59.9 Å². The topological polar surface area (TPSA) is 21.3 Å². The summed E-state index contributed by atoms with van der Waals surface area (Å²) < 4.78 is 6.09. The SMILES string of the molecule is CC(C)(C)NC1CC(Oc2cccc(C(C)(C)C)c2)C1. The number of nitrogens with one attached hydrogen (secondary N) is 1. The molecule has 0 spiro atoms. The van der Waals surface area contributed by atoms with Crippen LogP contribution in [0.4, 0.5) is 0 Å². The van der Waals surface area contributed by atoms with E-state index in [1.165, 1.54) is 5.56 Å². The lowest BCUT2D eigenvalue weighted by Crippen LogP contribution is -2.53. The molecule has 1 fully saturated rings. The smallest absolute Gasteiger partial charge is 0.120 e. The zero-order valence-electron chi connectivity index (χ0n) is 13.8. The van der Waals surface area contributed by atoms with Crippen LogP contribution in [0.25, 0.3) is 0 Å². The average Bonchev–Trinajstić information content (AvgIpc) is 2.23. The molecule has 20 heavy (non-hydrogen) atoms. The second-order valence-electron chi connectivity index (χ2n) is 8.08. The molecule has 2 heteroatoms. The van der Waals surface area contributed by atoms with Crippen molar-refractivity contribution in [1.29, 1.82) is 0 Å². The third kappa shape index (κ3) is 4.24. The van der Waals surface area contributed by atoms with Gasteiger partial charge in [0.1, 0.15) is 11.9 Å². The molecular weight excluding hydrogens is 246 g/mol. The quantitative estimate of drug-likeness (QED) is 0.889. The van der Waals surface area contributed by atoms with E-state index in [1.54, 1.807) is 0 Å². The molecule has 1 aromatic carbocycles. The highest BCUT2D eigenvalue weighted by Crippen LogP contribution is 2.30. The van der Waals surface area contributed by atoms with Crippen LogP contribution >= 0.6 is 0 Å². The molecule has 0 saturated heterocycles. The Hall–Kier alpha value is -1.02. The van der Waals surface area contributed by atoms with E-state index in [9.17, 15) is 0 Å². The van der Waals surface area contributed by atoms with Gasteiger partial charge in [0.2, 0.25) is 0 Å². The van der Waals surface area contributed by atoms with Crippen molar-refractivity contribution >= 4 is 0 Å². The molecule has 0 aliphatic heterocycles. The highest BCUT2D eigenvalue weighted by atomic mass is 16.5. The van der Waals surface area contributed by atoms with E-state index in [2.05, 4.69) is 71.1 Å². The number of hydrogen-bond acceptors (Lipinski definition) is 2. The van der Waals surface area contributed by atoms with Gasteiger partial charge in [-0.25, -0.2) is 0 Å². The minimum absolute atomic E-state index is 0.176. The molecule has 0 unspecified atom stereocenters. The number of ether oxygens (including phenoxy) is 1. The van der Waals surface area contributed by atoms with Crippen molar-refractivity contribution in [2.45, 2.75) is 77.5 Å². The van der Waals surface area contributed by atoms with Crippen LogP contribution in [0.3, 0.4) is 0 Å². The first-order chi connectivity index (χ1) is 9.13. The second-order valence-corrected chi connectivity index (χ2v) is 8.08. The number of rotatable bonds is 3. The fourth-order valence-corrected chi connectivity index (χ4v) is 2.62. The van der Waals surface area contributed by atoms with Crippen LogP contribution in [0, 0.1) is 0 Å². The fraction of sp³-hybridized carbons (Fsp3) is 0.667. The van der Waals surface area contributed by atoms with Crippen molar-refractivity contribution in [2.75, 3.05) is 0 Å². The lowest BCUT2D eigenvalue weighted by molar-refractivity contribution is 0.0733. The number of hydrogen-bond donors (Lipinski definition) is 1. The summed E-state index contributed by atoms with van der Waals surface area (Å²) in [4.78, 5) is 0. The van der Waals surface area contributed by atoms with Crippen LogP contribution in [0.2, 0.25) is 0 Å². The molecule has 0 atom stereocenters. The monoisotopic (exact) mass is 275 g/mol. The fourth-order valence-electron chi connectivity index (χ4n) is 2.62. The molecular formula is C18H29NO. The Morgan fingerprint density at radius 3 is 2.25 bits per heavy atom. The molecule has 1 N–H and O–H groups in total. The van der Waals surface area contributed by atoms with Crippen molar-refractivity contribution in [3.05, 3.63) is 29.8 Å². The van der Waals surface area contributed by atoms with Gasteiger partial charge in [0.15, 0.2) is 0 Å². The summed E-state index contributed by atoms with van der Waals surface area (Å²) >= 11 is 0. The van der Waals surface area contributed by atoms with Gasteiger partial charge >= 0.3 is 0 Å². The van der Waals surface area contributed by atoms with Gasteiger partial charge in [-0.15, -0.1) is 0 Å². The van der Waals surface area contributed by atoms with Crippen LogP contribution < -0.4 is 10.1 Å². The number of benzene rings is 1.